The first-order chi connectivity index (χ1) is 11.2. The van der Waals surface area contributed by atoms with E-state index in [2.05, 4.69) is 6.92 Å². The van der Waals surface area contributed by atoms with Gasteiger partial charge in [-0.3, -0.25) is 0 Å². The first kappa shape index (κ1) is 15.2. The number of anilines is 1. The Labute approximate surface area is 135 Å². The third kappa shape index (κ3) is 3.21. The van der Waals surface area contributed by atoms with Crippen molar-refractivity contribution in [1.82, 2.24) is 4.73 Å². The Bertz CT molecular complexity index is 822. The number of fused-ring (bicyclic) bond motifs is 1. The molecule has 3 rings (SSSR count). The number of nitrogens with two attached hydrogens (primary N) is 1. The van der Waals surface area contributed by atoms with Crippen LogP contribution in [-0.2, 0) is 4.79 Å². The molecule has 1 heterocycles. The van der Waals surface area contributed by atoms with Crippen LogP contribution in [0, 0.1) is 0 Å². The third-order valence-corrected chi connectivity index (χ3v) is 3.78. The molecule has 0 saturated heterocycles. The number of hydrogen-bond acceptors (Lipinski definition) is 3. The minimum Gasteiger partial charge on any atom is -0.399 e. The number of aromatic nitrogens is 1. The van der Waals surface area contributed by atoms with Crippen LogP contribution in [0.2, 0.25) is 0 Å². The van der Waals surface area contributed by atoms with Crippen LogP contribution in [0.5, 0.6) is 0 Å². The molecular weight excluding hydrogens is 288 g/mol. The van der Waals surface area contributed by atoms with Gasteiger partial charge in [-0.15, -0.1) is 0 Å². The maximum Gasteiger partial charge on any atom is 0.332 e. The standard InChI is InChI=1S/C19H20N2O2/c1-2-3-9-19(22)23-21-17-11-10-16(20)12-15(17)13-18(21)14-7-5-4-6-8-14/h4-8,10-13H,2-3,9,20H2,1H3. The molecular formula is C19H20N2O2. The van der Waals surface area contributed by atoms with Gasteiger partial charge >= 0.3 is 5.97 Å². The van der Waals surface area contributed by atoms with Crippen molar-refractivity contribution in [3.63, 3.8) is 0 Å². The Hall–Kier alpha value is -2.75. The molecule has 3 aromatic rings. The molecule has 0 atom stereocenters. The van der Waals surface area contributed by atoms with E-state index in [1.54, 1.807) is 4.73 Å². The van der Waals surface area contributed by atoms with E-state index in [0.717, 1.165) is 35.0 Å². The summed E-state index contributed by atoms with van der Waals surface area (Å²) in [5, 5.41) is 0.951. The van der Waals surface area contributed by atoms with Crippen LogP contribution in [0.4, 0.5) is 5.69 Å². The maximum absolute atomic E-state index is 12.1. The quantitative estimate of drug-likeness (QED) is 0.724. The number of nitrogens with zero attached hydrogens (tertiary/aromatic N) is 1. The van der Waals surface area contributed by atoms with Crippen molar-refractivity contribution in [3.8, 4) is 11.3 Å². The van der Waals surface area contributed by atoms with E-state index in [4.69, 9.17) is 10.6 Å². The van der Waals surface area contributed by atoms with Crippen molar-refractivity contribution in [2.24, 2.45) is 0 Å². The van der Waals surface area contributed by atoms with Crippen molar-refractivity contribution in [3.05, 3.63) is 54.6 Å². The van der Waals surface area contributed by atoms with Crippen LogP contribution in [-0.4, -0.2) is 10.7 Å². The molecule has 4 heteroatoms. The monoisotopic (exact) mass is 308 g/mol. The predicted octanol–water partition coefficient (Wildman–Crippen LogP) is 4.04. The minimum absolute atomic E-state index is 0.224. The summed E-state index contributed by atoms with van der Waals surface area (Å²) in [6.45, 7) is 2.05. The zero-order chi connectivity index (χ0) is 16.2. The largest absolute Gasteiger partial charge is 0.399 e. The fourth-order valence-electron chi connectivity index (χ4n) is 2.59. The van der Waals surface area contributed by atoms with Gasteiger partial charge in [0.05, 0.1) is 11.2 Å². The van der Waals surface area contributed by atoms with Crippen LogP contribution in [0.1, 0.15) is 26.2 Å². The van der Waals surface area contributed by atoms with E-state index >= 15 is 0 Å². The molecule has 0 amide bonds. The fourth-order valence-corrected chi connectivity index (χ4v) is 2.59. The molecule has 1 aromatic heterocycles. The lowest BCUT2D eigenvalue weighted by molar-refractivity contribution is -0.143. The van der Waals surface area contributed by atoms with Crippen molar-refractivity contribution in [2.45, 2.75) is 26.2 Å². The molecule has 0 saturated carbocycles. The van der Waals surface area contributed by atoms with E-state index in [1.165, 1.54) is 0 Å². The highest BCUT2D eigenvalue weighted by atomic mass is 16.7. The summed E-state index contributed by atoms with van der Waals surface area (Å²) in [6, 6.07) is 17.4. The van der Waals surface area contributed by atoms with Gasteiger partial charge in [0, 0.05) is 23.1 Å². The first-order valence-electron chi connectivity index (χ1n) is 7.86. The normalized spacial score (nSPS) is 10.8. The summed E-state index contributed by atoms with van der Waals surface area (Å²) in [5.74, 6) is -0.224. The van der Waals surface area contributed by atoms with Crippen molar-refractivity contribution >= 4 is 22.6 Å². The molecule has 0 bridgehead atoms. The molecule has 0 spiro atoms. The smallest absolute Gasteiger partial charge is 0.332 e. The van der Waals surface area contributed by atoms with Gasteiger partial charge in [-0.25, -0.2) is 4.79 Å². The summed E-state index contributed by atoms with van der Waals surface area (Å²) < 4.78 is 1.61. The van der Waals surface area contributed by atoms with Crippen LogP contribution in [0.25, 0.3) is 22.2 Å². The van der Waals surface area contributed by atoms with E-state index in [1.807, 2.05) is 54.6 Å². The minimum atomic E-state index is -0.224. The predicted molar refractivity (Wildman–Crippen MR) is 92.9 cm³/mol. The lowest BCUT2D eigenvalue weighted by Gasteiger charge is -2.10. The van der Waals surface area contributed by atoms with Crippen molar-refractivity contribution in [1.29, 1.82) is 0 Å². The zero-order valence-electron chi connectivity index (χ0n) is 13.2. The molecule has 118 valence electrons. The highest BCUT2D eigenvalue weighted by Crippen LogP contribution is 2.28. The van der Waals surface area contributed by atoms with Gasteiger partial charge in [-0.1, -0.05) is 43.7 Å². The molecule has 2 aromatic carbocycles. The van der Waals surface area contributed by atoms with Crippen LogP contribution in [0.3, 0.4) is 0 Å². The van der Waals surface area contributed by atoms with Gasteiger partial charge in [-0.2, -0.15) is 4.73 Å². The van der Waals surface area contributed by atoms with E-state index in [-0.39, 0.29) is 5.97 Å². The third-order valence-electron chi connectivity index (χ3n) is 3.78. The molecule has 2 N–H and O–H groups in total. The summed E-state index contributed by atoms with van der Waals surface area (Å²) in [6.07, 6.45) is 2.20. The molecule has 0 aliphatic rings. The van der Waals surface area contributed by atoms with Crippen LogP contribution >= 0.6 is 0 Å². The van der Waals surface area contributed by atoms with Crippen LogP contribution in [0.15, 0.2) is 54.6 Å². The number of carbonyl (C=O) groups is 1. The molecule has 0 unspecified atom stereocenters. The molecule has 0 fully saturated rings. The second-order valence-electron chi connectivity index (χ2n) is 5.58. The number of hydrogen-bond donors (Lipinski definition) is 1. The van der Waals surface area contributed by atoms with Gasteiger partial charge < -0.3 is 10.6 Å². The van der Waals surface area contributed by atoms with E-state index < -0.39 is 0 Å². The summed E-state index contributed by atoms with van der Waals surface area (Å²) >= 11 is 0. The molecule has 0 radical (unpaired) electrons. The average molecular weight is 308 g/mol. The molecule has 0 aliphatic carbocycles. The van der Waals surface area contributed by atoms with Gasteiger partial charge in [-0.05, 0) is 30.7 Å². The Morgan fingerprint density at radius 3 is 2.65 bits per heavy atom. The Morgan fingerprint density at radius 2 is 1.91 bits per heavy atom. The second kappa shape index (κ2) is 6.57. The Morgan fingerprint density at radius 1 is 1.13 bits per heavy atom. The summed E-state index contributed by atoms with van der Waals surface area (Å²) in [4.78, 5) is 17.7. The van der Waals surface area contributed by atoms with Gasteiger partial charge in [0.25, 0.3) is 0 Å². The van der Waals surface area contributed by atoms with Gasteiger partial charge in [0.2, 0.25) is 0 Å². The average Bonchev–Trinajstić information content (AvgIpc) is 2.91. The fraction of sp³-hybridized carbons (Fsp3) is 0.211. The highest BCUT2D eigenvalue weighted by molar-refractivity contribution is 5.89. The number of unbranched alkanes of at least 4 members (excludes halogenated alkanes) is 1. The van der Waals surface area contributed by atoms with E-state index in [9.17, 15) is 4.79 Å². The number of rotatable bonds is 5. The Kier molecular flexibility index (Phi) is 4.33. The molecule has 4 nitrogen and oxygen atoms in total. The Balaban J connectivity index is 2.07. The summed E-state index contributed by atoms with van der Waals surface area (Å²) in [5.41, 5.74) is 9.23. The summed E-state index contributed by atoms with van der Waals surface area (Å²) in [7, 11) is 0. The van der Waals surface area contributed by atoms with E-state index in [0.29, 0.717) is 12.1 Å². The maximum atomic E-state index is 12.1. The lowest BCUT2D eigenvalue weighted by Crippen LogP contribution is -2.20. The number of benzene rings is 2. The van der Waals surface area contributed by atoms with Gasteiger partial charge in [0.15, 0.2) is 0 Å². The molecule has 0 aliphatic heterocycles. The second-order valence-corrected chi connectivity index (χ2v) is 5.58. The lowest BCUT2D eigenvalue weighted by atomic mass is 10.1. The zero-order valence-corrected chi connectivity index (χ0v) is 13.2. The topological polar surface area (TPSA) is 57.2 Å². The van der Waals surface area contributed by atoms with Gasteiger partial charge in [0.1, 0.15) is 0 Å². The van der Waals surface area contributed by atoms with Crippen LogP contribution < -0.4 is 10.6 Å². The number of nitrogen functional groups attached to an aromatic ring is 1. The SMILES string of the molecule is CCCCC(=O)On1c(-c2ccccc2)cc2cc(N)ccc21. The first-order valence-corrected chi connectivity index (χ1v) is 7.86. The van der Waals surface area contributed by atoms with Crippen molar-refractivity contribution < 1.29 is 9.63 Å². The highest BCUT2D eigenvalue weighted by Gasteiger charge is 2.15. The number of carbonyl (C=O) groups excluding carboxylic acids is 1. The van der Waals surface area contributed by atoms with Crippen molar-refractivity contribution in [2.75, 3.05) is 5.73 Å². The molecule has 23 heavy (non-hydrogen) atoms.